The summed E-state index contributed by atoms with van der Waals surface area (Å²) in [7, 11) is 0. The number of pyridine rings is 1. The maximum Gasteiger partial charge on any atom is 0.350 e. The highest BCUT2D eigenvalue weighted by atomic mass is 32.2. The second-order valence-electron chi connectivity index (χ2n) is 7.70. The van der Waals surface area contributed by atoms with Gasteiger partial charge in [-0.05, 0) is 36.4 Å². The summed E-state index contributed by atoms with van der Waals surface area (Å²) < 4.78 is 23.9. The summed E-state index contributed by atoms with van der Waals surface area (Å²) in [5.41, 5.74) is 1.28. The van der Waals surface area contributed by atoms with Crippen LogP contribution in [-0.2, 0) is 17.8 Å². The van der Waals surface area contributed by atoms with Crippen LogP contribution >= 0.6 is 11.8 Å². The molecule has 0 radical (unpaired) electrons. The summed E-state index contributed by atoms with van der Waals surface area (Å²) in [5.74, 6) is 1.03. The first kappa shape index (κ1) is 21.8. The third-order valence-corrected chi connectivity index (χ3v) is 6.53. The van der Waals surface area contributed by atoms with E-state index in [1.165, 1.54) is 33.0 Å². The summed E-state index contributed by atoms with van der Waals surface area (Å²) in [6, 6.07) is 11.8. The van der Waals surface area contributed by atoms with Crippen LogP contribution in [0.4, 0.5) is 4.39 Å². The lowest BCUT2D eigenvalue weighted by Gasteiger charge is -2.27. The van der Waals surface area contributed by atoms with Gasteiger partial charge in [0.05, 0.1) is 19.8 Å². The van der Waals surface area contributed by atoms with E-state index in [1.807, 2.05) is 18.2 Å². The number of hydrogen-bond donors (Lipinski definition) is 0. The Morgan fingerprint density at radius 1 is 1.00 bits per heavy atom. The van der Waals surface area contributed by atoms with Gasteiger partial charge < -0.3 is 9.30 Å². The van der Waals surface area contributed by atoms with Crippen LogP contribution in [0.2, 0.25) is 0 Å². The van der Waals surface area contributed by atoms with Gasteiger partial charge in [-0.15, -0.1) is 15.3 Å². The van der Waals surface area contributed by atoms with E-state index < -0.39 is 0 Å². The van der Waals surface area contributed by atoms with E-state index in [4.69, 9.17) is 4.74 Å². The lowest BCUT2D eigenvalue weighted by Crippen LogP contribution is -2.38. The average molecular weight is 470 g/mol. The molecule has 5 rings (SSSR count). The fourth-order valence-corrected chi connectivity index (χ4v) is 4.69. The SMILES string of the molecule is O=c1n(CCSc2nnc(-c3ccc(F)cc3)n2CCN2CCOCC2)nc2ccccn12. The minimum absolute atomic E-state index is 0.160. The van der Waals surface area contributed by atoms with E-state index in [2.05, 4.69) is 24.8 Å². The molecule has 9 nitrogen and oxygen atoms in total. The molecule has 3 aromatic heterocycles. The summed E-state index contributed by atoms with van der Waals surface area (Å²) >= 11 is 1.53. The molecule has 0 N–H and O–H groups in total. The van der Waals surface area contributed by atoms with E-state index in [9.17, 15) is 9.18 Å². The first-order valence-electron chi connectivity index (χ1n) is 10.9. The normalized spacial score (nSPS) is 14.8. The van der Waals surface area contributed by atoms with Crippen molar-refractivity contribution in [2.45, 2.75) is 18.2 Å². The zero-order valence-corrected chi connectivity index (χ0v) is 18.8. The summed E-state index contributed by atoms with van der Waals surface area (Å²) in [6.07, 6.45) is 1.71. The van der Waals surface area contributed by atoms with Crippen molar-refractivity contribution in [3.8, 4) is 11.4 Å². The molecule has 0 unspecified atom stereocenters. The average Bonchev–Trinajstić information content (AvgIpc) is 3.40. The third-order valence-electron chi connectivity index (χ3n) is 5.59. The number of rotatable bonds is 8. The molecule has 1 saturated heterocycles. The fraction of sp³-hybridized carbons (Fsp3) is 0.364. The van der Waals surface area contributed by atoms with Gasteiger partial charge in [0.25, 0.3) is 0 Å². The van der Waals surface area contributed by atoms with Crippen molar-refractivity contribution in [1.82, 2.24) is 33.8 Å². The summed E-state index contributed by atoms with van der Waals surface area (Å²) in [6.45, 7) is 5.27. The zero-order valence-electron chi connectivity index (χ0n) is 18.0. The number of benzene rings is 1. The second kappa shape index (κ2) is 9.86. The van der Waals surface area contributed by atoms with Crippen molar-refractivity contribution in [2.24, 2.45) is 0 Å². The van der Waals surface area contributed by atoms with E-state index in [1.54, 1.807) is 18.3 Å². The van der Waals surface area contributed by atoms with Crippen LogP contribution in [0.15, 0.2) is 58.6 Å². The number of halogens is 1. The molecule has 1 fully saturated rings. The van der Waals surface area contributed by atoms with E-state index in [0.717, 1.165) is 43.6 Å². The quantitative estimate of drug-likeness (QED) is 0.365. The minimum atomic E-state index is -0.286. The number of hydrogen-bond acceptors (Lipinski definition) is 7. The van der Waals surface area contributed by atoms with E-state index >= 15 is 0 Å². The number of morpholine rings is 1. The van der Waals surface area contributed by atoms with Crippen molar-refractivity contribution in [3.05, 3.63) is 65.0 Å². The molecule has 0 atom stereocenters. The maximum atomic E-state index is 13.4. The highest BCUT2D eigenvalue weighted by molar-refractivity contribution is 7.99. The van der Waals surface area contributed by atoms with Gasteiger partial charge in [0, 0.05) is 43.7 Å². The highest BCUT2D eigenvalue weighted by Gasteiger charge is 2.17. The molecule has 4 aromatic rings. The number of aryl methyl sites for hydroxylation is 1. The molecule has 1 aliphatic rings. The first-order chi connectivity index (χ1) is 16.2. The Morgan fingerprint density at radius 2 is 1.82 bits per heavy atom. The Labute approximate surface area is 193 Å². The van der Waals surface area contributed by atoms with Crippen LogP contribution in [0.3, 0.4) is 0 Å². The second-order valence-corrected chi connectivity index (χ2v) is 8.76. The van der Waals surface area contributed by atoms with Crippen LogP contribution < -0.4 is 5.69 Å². The third kappa shape index (κ3) is 4.85. The molecule has 1 aliphatic heterocycles. The highest BCUT2D eigenvalue weighted by Crippen LogP contribution is 2.24. The predicted octanol–water partition coefficient (Wildman–Crippen LogP) is 2.02. The van der Waals surface area contributed by atoms with E-state index in [0.29, 0.717) is 30.3 Å². The largest absolute Gasteiger partial charge is 0.379 e. The number of ether oxygens (including phenoxy) is 1. The molecular formula is C22H24FN7O2S. The van der Waals surface area contributed by atoms with Crippen LogP contribution in [0.5, 0.6) is 0 Å². The van der Waals surface area contributed by atoms with Gasteiger partial charge in [-0.2, -0.15) is 0 Å². The predicted molar refractivity (Wildman–Crippen MR) is 123 cm³/mol. The molecule has 4 heterocycles. The standard InChI is InChI=1S/C22H24FN7O2S/c23-18-6-4-17(5-7-18)20-24-25-21(29(20)10-9-27-11-14-32-15-12-27)33-16-13-30-22(31)28-8-2-1-3-19(28)26-30/h1-8H,9-16H2. The topological polar surface area (TPSA) is 82.5 Å². The lowest BCUT2D eigenvalue weighted by molar-refractivity contribution is 0.0361. The molecule has 0 amide bonds. The first-order valence-corrected chi connectivity index (χ1v) is 11.8. The molecule has 1 aromatic carbocycles. The number of aromatic nitrogens is 6. The van der Waals surface area contributed by atoms with Crippen molar-refractivity contribution in [2.75, 3.05) is 38.6 Å². The van der Waals surface area contributed by atoms with Crippen LogP contribution in [0.25, 0.3) is 17.0 Å². The van der Waals surface area contributed by atoms with Crippen LogP contribution in [0.1, 0.15) is 0 Å². The van der Waals surface area contributed by atoms with Crippen LogP contribution in [0, 0.1) is 5.82 Å². The minimum Gasteiger partial charge on any atom is -0.379 e. The monoisotopic (exact) mass is 469 g/mol. The van der Waals surface area contributed by atoms with Gasteiger partial charge in [0.1, 0.15) is 5.82 Å². The van der Waals surface area contributed by atoms with Crippen molar-refractivity contribution < 1.29 is 9.13 Å². The Morgan fingerprint density at radius 3 is 2.61 bits per heavy atom. The molecule has 172 valence electrons. The lowest BCUT2D eigenvalue weighted by atomic mass is 10.2. The maximum absolute atomic E-state index is 13.4. The van der Waals surface area contributed by atoms with Crippen LogP contribution in [-0.4, -0.2) is 72.4 Å². The molecule has 0 aliphatic carbocycles. The van der Waals surface area contributed by atoms with Crippen molar-refractivity contribution >= 4 is 17.4 Å². The van der Waals surface area contributed by atoms with Gasteiger partial charge >= 0.3 is 5.69 Å². The molecule has 0 bridgehead atoms. The van der Waals surface area contributed by atoms with E-state index in [-0.39, 0.29) is 11.5 Å². The number of fused-ring (bicyclic) bond motifs is 1. The summed E-state index contributed by atoms with van der Waals surface area (Å²) in [5, 5.41) is 13.9. The molecule has 0 saturated carbocycles. The smallest absolute Gasteiger partial charge is 0.350 e. The Balaban J connectivity index is 1.33. The Kier molecular flexibility index (Phi) is 6.51. The van der Waals surface area contributed by atoms with Gasteiger partial charge in [-0.1, -0.05) is 17.8 Å². The molecule has 0 spiro atoms. The fourth-order valence-electron chi connectivity index (χ4n) is 3.81. The van der Waals surface area contributed by atoms with Crippen molar-refractivity contribution in [3.63, 3.8) is 0 Å². The number of thioether (sulfide) groups is 1. The molecule has 11 heteroatoms. The van der Waals surface area contributed by atoms with Gasteiger partial charge in [0.2, 0.25) is 0 Å². The molecule has 33 heavy (non-hydrogen) atoms. The van der Waals surface area contributed by atoms with Gasteiger partial charge in [-0.25, -0.2) is 13.9 Å². The number of nitrogens with zero attached hydrogens (tertiary/aromatic N) is 7. The van der Waals surface area contributed by atoms with Gasteiger partial charge in [-0.3, -0.25) is 9.30 Å². The Bertz CT molecular complexity index is 1280. The Hall–Kier alpha value is -3.02. The van der Waals surface area contributed by atoms with Gasteiger partial charge in [0.15, 0.2) is 16.6 Å². The van der Waals surface area contributed by atoms with Crippen molar-refractivity contribution in [1.29, 1.82) is 0 Å². The molecular weight excluding hydrogens is 445 g/mol. The summed E-state index contributed by atoms with van der Waals surface area (Å²) in [4.78, 5) is 14.9. The zero-order chi connectivity index (χ0) is 22.6.